The van der Waals surface area contributed by atoms with Crippen molar-refractivity contribution in [2.24, 2.45) is 0 Å². The number of likely N-dealkylation sites (tertiary alicyclic amines) is 3. The van der Waals surface area contributed by atoms with Crippen molar-refractivity contribution in [2.45, 2.75) is 209 Å². The van der Waals surface area contributed by atoms with E-state index in [2.05, 4.69) is 30.2 Å². The lowest BCUT2D eigenvalue weighted by atomic mass is 9.95. The second-order valence-electron chi connectivity index (χ2n) is 33.7. The zero-order valence-electron chi connectivity index (χ0n) is 74.7. The van der Waals surface area contributed by atoms with Crippen LogP contribution in [0, 0.1) is 44.0 Å². The van der Waals surface area contributed by atoms with E-state index >= 15 is 17.6 Å². The molecule has 0 spiro atoms. The number of imidazole rings is 4. The molecule has 0 saturated carbocycles. The highest BCUT2D eigenvalue weighted by Gasteiger charge is 2.39. The number of anilines is 4. The monoisotopic (exact) mass is 1850 g/mol. The van der Waals surface area contributed by atoms with Crippen molar-refractivity contribution in [1.82, 2.24) is 77.5 Å². The fourth-order valence-electron chi connectivity index (χ4n) is 16.7. The first-order valence-electron chi connectivity index (χ1n) is 43.2. The molecule has 29 nitrogen and oxygen atoms in total. The van der Waals surface area contributed by atoms with Crippen LogP contribution in [0.5, 0.6) is 23.0 Å². The molecular weight excluding hydrogens is 1750 g/mol. The molecule has 4 aliphatic rings. The van der Waals surface area contributed by atoms with Gasteiger partial charge in [0.25, 0.3) is 23.6 Å². The van der Waals surface area contributed by atoms with E-state index in [0.717, 1.165) is 55.6 Å². The minimum absolute atomic E-state index is 0.107. The van der Waals surface area contributed by atoms with Crippen LogP contribution in [0.15, 0.2) is 80.0 Å². The first-order chi connectivity index (χ1) is 61.4. The van der Waals surface area contributed by atoms with Gasteiger partial charge in [0.2, 0.25) is 0 Å². The Kier molecular flexibility index (Phi) is 29.7. The van der Waals surface area contributed by atoms with Crippen LogP contribution in [0.1, 0.15) is 262 Å². The molecule has 4 amide bonds. The van der Waals surface area contributed by atoms with Crippen LogP contribution in [-0.4, -0.2) is 179 Å². The van der Waals surface area contributed by atoms with Gasteiger partial charge in [-0.15, -0.1) is 0 Å². The van der Waals surface area contributed by atoms with E-state index < -0.39 is 52.8 Å². The number of fused-ring (bicyclic) bond motifs is 4. The number of carbonyl (C=O) groups excluding carboxylic acids is 4. The topological polar surface area (TPSA) is 361 Å². The molecule has 4 atom stereocenters. The Labute approximate surface area is 764 Å². The van der Waals surface area contributed by atoms with Gasteiger partial charge in [0, 0.05) is 154 Å². The summed E-state index contributed by atoms with van der Waals surface area (Å²) < 4.78 is 98.0. The zero-order chi connectivity index (χ0) is 93.2. The lowest BCUT2D eigenvalue weighted by Crippen LogP contribution is -2.42. The van der Waals surface area contributed by atoms with Crippen molar-refractivity contribution in [2.75, 3.05) is 75.4 Å². The number of hydrogen-bond donors (Lipinski definition) is 5. The molecule has 16 rings (SSSR count). The lowest BCUT2D eigenvalue weighted by Gasteiger charge is -2.32. The first-order valence-corrected chi connectivity index (χ1v) is 44.7. The van der Waals surface area contributed by atoms with Gasteiger partial charge in [-0.25, -0.2) is 57.4 Å². The number of nitrogens with two attached hydrogens (primary N) is 4. The van der Waals surface area contributed by atoms with Gasteiger partial charge in [0.15, 0.2) is 23.3 Å². The first kappa shape index (κ1) is 95.1. The molecule has 12 heterocycles. The number of hydrogen-bond acceptors (Lipinski definition) is 21. The largest absolute Gasteiger partial charge is 0.490 e. The molecule has 4 saturated heterocycles. The third-order valence-corrected chi connectivity index (χ3v) is 24.2. The quantitative estimate of drug-likeness (QED) is 0.0417. The molecule has 0 bridgehead atoms. The third-order valence-electron chi connectivity index (χ3n) is 23.1. The number of piperidine rings is 1. The third kappa shape index (κ3) is 19.7. The molecule has 12 aromatic rings. The Balaban J connectivity index is 0.000000147. The van der Waals surface area contributed by atoms with E-state index in [1.807, 2.05) is 121 Å². The second kappa shape index (κ2) is 40.2. The standard InChI is InChI=1S/C24H29ClFN5O2.C23H27ClFN5O3.C23H27ClFN5O2.C22H25ClFN5O2/c1-13(2)33-21-16(14(3)23-29-15(4)20-22(27)28-8-11-31(20)23)12-17(25)19(26)18(21)24(32)30-9-6-5-7-10-30;1-12(2)33-20-15(13(3)22-28-11-17-21(26)27-6-7-30(17)22)10-16(24)19(25)18(20)23(31)29-14-4-8-32-9-5-14;1-12(2)32-20-15(11-16(24)18(25)17(20)23(31)29-8-5-6-9-29)13(3)22-28-14(4)19-21(26)27-7-10-30(19)22;1-11(2)31-19-14(10-15(23)17(24)16(19)22(30)28-7-5-8-28)12(3)21-27-13(4)18-20(25)26-6-9-29(18)21/h8,11-14H,5-7,9-10H2,1-4H3,(H2,27,28);6-7,10-14H,4-5,8-9H2,1-3H3,(H2,26,27)(H,29,31);7,10-13H,5-6,8-9H2,1-4H3,(H2,26,27);6,9-12H,5,7-8H2,1-4H3,(H2,25,26). The highest BCUT2D eigenvalue weighted by atomic mass is 35.5. The summed E-state index contributed by atoms with van der Waals surface area (Å²) >= 11 is 25.2. The van der Waals surface area contributed by atoms with Gasteiger partial charge >= 0.3 is 0 Å². The smallest absolute Gasteiger partial charge is 0.260 e. The number of nitrogen functional groups attached to an aromatic ring is 4. The summed E-state index contributed by atoms with van der Waals surface area (Å²) in [6.07, 6.45) is 20.8. The average molecular weight is 1860 g/mol. The van der Waals surface area contributed by atoms with Crippen molar-refractivity contribution in [3.8, 4) is 23.0 Å². The summed E-state index contributed by atoms with van der Waals surface area (Å²) in [6.45, 7) is 32.5. The summed E-state index contributed by atoms with van der Waals surface area (Å²) in [7, 11) is 0. The number of carbonyl (C=O) groups is 4. The summed E-state index contributed by atoms with van der Waals surface area (Å²) in [5.74, 6) is -1.45. The zero-order valence-corrected chi connectivity index (χ0v) is 77.8. The molecule has 4 unspecified atom stereocenters. The van der Waals surface area contributed by atoms with Gasteiger partial charge in [-0.3, -0.25) is 36.8 Å². The summed E-state index contributed by atoms with van der Waals surface area (Å²) in [4.78, 5) is 93.1. The van der Waals surface area contributed by atoms with E-state index in [1.54, 1.807) is 70.5 Å². The van der Waals surface area contributed by atoms with Crippen LogP contribution in [0.4, 0.5) is 40.8 Å². The number of rotatable bonds is 21. The number of ether oxygens (including phenoxy) is 5. The Morgan fingerprint density at radius 3 is 1.01 bits per heavy atom. The Hall–Kier alpha value is -11.5. The van der Waals surface area contributed by atoms with Crippen LogP contribution in [0.25, 0.3) is 22.1 Å². The van der Waals surface area contributed by atoms with E-state index in [-0.39, 0.29) is 114 Å². The molecule has 686 valence electrons. The number of benzene rings is 4. The molecule has 4 aromatic carbocycles. The van der Waals surface area contributed by atoms with Crippen LogP contribution in [0.3, 0.4) is 0 Å². The van der Waals surface area contributed by atoms with Gasteiger partial charge < -0.3 is 66.6 Å². The van der Waals surface area contributed by atoms with E-state index in [1.165, 1.54) is 24.3 Å². The Morgan fingerprint density at radius 2 is 0.690 bits per heavy atom. The molecule has 8 aromatic heterocycles. The predicted octanol–water partition coefficient (Wildman–Crippen LogP) is 17.7. The molecule has 0 radical (unpaired) electrons. The van der Waals surface area contributed by atoms with Crippen molar-refractivity contribution >= 4 is 115 Å². The van der Waals surface area contributed by atoms with E-state index in [0.29, 0.717) is 156 Å². The SMILES string of the molecule is CC(C)Oc1c(C(C)c2ncc3c(N)nccn23)cc(Cl)c(F)c1C(=O)NC1CCOCC1.Cc1nc(C(C)c2cc(Cl)c(F)c(C(=O)N3CCC3)c2OC(C)C)n2ccnc(N)c12.Cc1nc(C(C)c2cc(Cl)c(F)c(C(=O)N3CCCC3)c2OC(C)C)n2ccnc(N)c12.Cc1nc(C(C)c2cc(Cl)c(F)c(C(=O)N3CCCCC3)c2OC(C)C)n2ccnc(N)c12. The Morgan fingerprint density at radius 1 is 0.403 bits per heavy atom. The minimum Gasteiger partial charge on any atom is -0.490 e. The predicted molar refractivity (Wildman–Crippen MR) is 489 cm³/mol. The molecule has 37 heteroatoms. The van der Waals surface area contributed by atoms with Gasteiger partial charge in [-0.05, 0) is 152 Å². The van der Waals surface area contributed by atoms with Crippen LogP contribution in [-0.2, 0) is 4.74 Å². The van der Waals surface area contributed by atoms with Crippen molar-refractivity contribution < 1.29 is 60.4 Å². The molecule has 4 fully saturated rings. The fourth-order valence-corrected chi connectivity index (χ4v) is 17.6. The molecule has 0 aliphatic carbocycles. The maximum atomic E-state index is 15.4. The number of amides is 4. The van der Waals surface area contributed by atoms with Gasteiger partial charge in [0.05, 0.1) is 67.8 Å². The number of halogens is 8. The number of aromatic nitrogens is 12. The van der Waals surface area contributed by atoms with Crippen LogP contribution >= 0.6 is 46.4 Å². The van der Waals surface area contributed by atoms with Crippen molar-refractivity contribution in [3.05, 3.63) is 208 Å². The Bertz CT molecular complexity index is 6220. The number of nitrogens with one attached hydrogen (secondary N) is 1. The summed E-state index contributed by atoms with van der Waals surface area (Å²) in [5.41, 5.74) is 30.9. The maximum Gasteiger partial charge on any atom is 0.260 e. The molecule has 129 heavy (non-hydrogen) atoms. The van der Waals surface area contributed by atoms with Crippen molar-refractivity contribution in [3.63, 3.8) is 0 Å². The van der Waals surface area contributed by atoms with E-state index in [4.69, 9.17) is 108 Å². The average Bonchev–Trinajstić information content (AvgIpc) is 1.66. The minimum atomic E-state index is -0.811. The van der Waals surface area contributed by atoms with Gasteiger partial charge in [-0.2, -0.15) is 0 Å². The molecule has 4 aliphatic heterocycles. The second-order valence-corrected chi connectivity index (χ2v) is 35.3. The van der Waals surface area contributed by atoms with Crippen LogP contribution < -0.4 is 47.2 Å². The highest BCUT2D eigenvalue weighted by Crippen LogP contribution is 2.47. The lowest BCUT2D eigenvalue weighted by molar-refractivity contribution is 0.0637. The molecular formula is C92H108Cl4F4N20O9. The van der Waals surface area contributed by atoms with Crippen LogP contribution in [0.2, 0.25) is 20.1 Å². The normalized spacial score (nSPS) is 15.2. The summed E-state index contributed by atoms with van der Waals surface area (Å²) in [6, 6.07) is 5.97. The number of nitrogens with zero attached hydrogens (tertiary/aromatic N) is 15. The fraction of sp³-hybridized carbons (Fsp3) is 0.435. The van der Waals surface area contributed by atoms with Gasteiger partial charge in [-0.1, -0.05) is 74.1 Å². The van der Waals surface area contributed by atoms with Gasteiger partial charge in [0.1, 0.15) is 114 Å². The highest BCUT2D eigenvalue weighted by molar-refractivity contribution is 6.32. The van der Waals surface area contributed by atoms with Crippen molar-refractivity contribution in [1.29, 1.82) is 0 Å². The maximum absolute atomic E-state index is 15.4. The number of aryl methyl sites for hydroxylation is 3. The summed E-state index contributed by atoms with van der Waals surface area (Å²) in [5, 5.41) is 2.39. The molecule has 9 N–H and O–H groups in total. The van der Waals surface area contributed by atoms with E-state index in [9.17, 15) is 19.2 Å².